The van der Waals surface area contributed by atoms with Crippen LogP contribution in [0.2, 0.25) is 5.02 Å². The van der Waals surface area contributed by atoms with Gasteiger partial charge >= 0.3 is 0 Å². The Labute approximate surface area is 155 Å². The van der Waals surface area contributed by atoms with Gasteiger partial charge in [0.25, 0.3) is 0 Å². The average Bonchev–Trinajstić information content (AvgIpc) is 3.03. The molecule has 0 atom stereocenters. The van der Waals surface area contributed by atoms with E-state index in [1.54, 1.807) is 31.6 Å². The van der Waals surface area contributed by atoms with Gasteiger partial charge in [-0.25, -0.2) is 0 Å². The first-order valence-electron chi connectivity index (χ1n) is 7.81. The first-order valence-corrected chi connectivity index (χ1v) is 8.19. The van der Waals surface area contributed by atoms with Gasteiger partial charge in [0, 0.05) is 23.1 Å². The van der Waals surface area contributed by atoms with Crippen molar-refractivity contribution in [1.29, 1.82) is 0 Å². The molecule has 0 aliphatic heterocycles. The van der Waals surface area contributed by atoms with E-state index in [1.807, 2.05) is 12.1 Å². The number of rotatable bonds is 6. The minimum Gasteiger partial charge on any atom is -0.497 e. The quantitative estimate of drug-likeness (QED) is 0.695. The molecule has 3 aromatic rings. The second kappa shape index (κ2) is 7.58. The van der Waals surface area contributed by atoms with E-state index in [0.29, 0.717) is 33.5 Å². The molecule has 2 aromatic carbocycles. The zero-order valence-corrected chi connectivity index (χ0v) is 15.3. The van der Waals surface area contributed by atoms with Gasteiger partial charge in [-0.2, -0.15) is 0 Å². The summed E-state index contributed by atoms with van der Waals surface area (Å²) in [6.07, 6.45) is 1.72. The third-order valence-electron chi connectivity index (χ3n) is 3.96. The summed E-state index contributed by atoms with van der Waals surface area (Å²) in [7, 11) is 4.61. The van der Waals surface area contributed by atoms with E-state index in [9.17, 15) is 4.79 Å². The minimum atomic E-state index is -0.219. The summed E-state index contributed by atoms with van der Waals surface area (Å²) in [6.45, 7) is 0. The lowest BCUT2D eigenvalue weighted by atomic mass is 10.1. The Bertz CT molecular complexity index is 950. The topological polar surface area (TPSA) is 69.9 Å². The largest absolute Gasteiger partial charge is 0.497 e. The maximum absolute atomic E-state index is 12.5. The van der Waals surface area contributed by atoms with E-state index in [-0.39, 0.29) is 12.3 Å². The van der Waals surface area contributed by atoms with Crippen LogP contribution in [0, 0.1) is 0 Å². The molecule has 7 heteroatoms. The fraction of sp³-hybridized carbons (Fsp3) is 0.211. The Morgan fingerprint density at radius 3 is 2.54 bits per heavy atom. The van der Waals surface area contributed by atoms with Crippen LogP contribution in [0.15, 0.2) is 41.0 Å². The fourth-order valence-corrected chi connectivity index (χ4v) is 2.89. The number of fused-ring (bicyclic) bond motifs is 1. The number of anilines is 1. The number of benzene rings is 2. The molecule has 1 aromatic heterocycles. The third kappa shape index (κ3) is 3.55. The van der Waals surface area contributed by atoms with E-state index in [4.69, 9.17) is 30.2 Å². The summed E-state index contributed by atoms with van der Waals surface area (Å²) >= 11 is 6.13. The summed E-state index contributed by atoms with van der Waals surface area (Å²) < 4.78 is 21.1. The lowest BCUT2D eigenvalue weighted by molar-refractivity contribution is -0.115. The number of hydrogen-bond acceptors (Lipinski definition) is 5. The molecule has 0 fully saturated rings. The highest BCUT2D eigenvalue weighted by Crippen LogP contribution is 2.36. The van der Waals surface area contributed by atoms with Gasteiger partial charge in [-0.1, -0.05) is 11.6 Å². The van der Waals surface area contributed by atoms with E-state index in [1.165, 1.54) is 14.2 Å². The Morgan fingerprint density at radius 2 is 1.85 bits per heavy atom. The molecule has 0 spiro atoms. The van der Waals surface area contributed by atoms with Crippen LogP contribution < -0.4 is 19.5 Å². The van der Waals surface area contributed by atoms with Gasteiger partial charge in [0.2, 0.25) is 5.91 Å². The van der Waals surface area contributed by atoms with Gasteiger partial charge < -0.3 is 23.9 Å². The molecule has 0 bridgehead atoms. The summed E-state index contributed by atoms with van der Waals surface area (Å²) in [6, 6.07) is 8.69. The van der Waals surface area contributed by atoms with Gasteiger partial charge in [0.05, 0.1) is 44.7 Å². The number of ether oxygens (including phenoxy) is 3. The Hall–Kier alpha value is -2.86. The number of nitrogens with one attached hydrogen (secondary N) is 1. The van der Waals surface area contributed by atoms with Crippen LogP contribution in [0.3, 0.4) is 0 Å². The van der Waals surface area contributed by atoms with Crippen molar-refractivity contribution in [3.05, 3.63) is 47.2 Å². The third-order valence-corrected chi connectivity index (χ3v) is 4.26. The summed E-state index contributed by atoms with van der Waals surface area (Å²) in [5.41, 5.74) is 1.91. The monoisotopic (exact) mass is 375 g/mol. The first-order chi connectivity index (χ1) is 12.5. The second-order valence-corrected chi connectivity index (χ2v) is 5.94. The molecule has 0 saturated carbocycles. The standard InChI is InChI=1S/C19H18ClNO5/c1-23-12-4-5-13-11(10-26-16(13)7-12)6-19(22)21-15-8-14(20)17(24-2)9-18(15)25-3/h4-5,7-10H,6H2,1-3H3,(H,21,22). The van der Waals surface area contributed by atoms with Crippen LogP contribution in [0.5, 0.6) is 17.2 Å². The molecule has 6 nitrogen and oxygen atoms in total. The van der Waals surface area contributed by atoms with Crippen molar-refractivity contribution < 1.29 is 23.4 Å². The SMILES string of the molecule is COc1ccc2c(CC(=O)Nc3cc(Cl)c(OC)cc3OC)coc2c1. The van der Waals surface area contributed by atoms with Gasteiger partial charge in [-0.15, -0.1) is 0 Å². The Balaban J connectivity index is 1.80. The van der Waals surface area contributed by atoms with Crippen molar-refractivity contribution in [3.8, 4) is 17.2 Å². The molecule has 3 rings (SSSR count). The van der Waals surface area contributed by atoms with E-state index in [0.717, 1.165) is 10.9 Å². The number of methoxy groups -OCH3 is 3. The normalized spacial score (nSPS) is 10.6. The molecule has 1 amide bonds. The molecular formula is C19H18ClNO5. The van der Waals surface area contributed by atoms with Crippen LogP contribution >= 0.6 is 11.6 Å². The predicted molar refractivity (Wildman–Crippen MR) is 99.7 cm³/mol. The van der Waals surface area contributed by atoms with Gasteiger partial charge in [-0.05, 0) is 18.2 Å². The number of amides is 1. The molecule has 0 aliphatic rings. The summed E-state index contributed by atoms with van der Waals surface area (Å²) in [4.78, 5) is 12.5. The highest BCUT2D eigenvalue weighted by molar-refractivity contribution is 6.32. The van der Waals surface area contributed by atoms with Crippen molar-refractivity contribution >= 4 is 34.2 Å². The van der Waals surface area contributed by atoms with Gasteiger partial charge in [-0.3, -0.25) is 4.79 Å². The molecule has 0 radical (unpaired) electrons. The zero-order chi connectivity index (χ0) is 18.7. The van der Waals surface area contributed by atoms with Crippen LogP contribution in [-0.2, 0) is 11.2 Å². The molecule has 0 saturated heterocycles. The summed E-state index contributed by atoms with van der Waals surface area (Å²) in [5, 5.41) is 4.05. The number of hydrogen-bond donors (Lipinski definition) is 1. The van der Waals surface area contributed by atoms with E-state index in [2.05, 4.69) is 5.32 Å². The molecular weight excluding hydrogens is 358 g/mol. The van der Waals surface area contributed by atoms with E-state index >= 15 is 0 Å². The number of furan rings is 1. The number of halogens is 1. The maximum Gasteiger partial charge on any atom is 0.229 e. The van der Waals surface area contributed by atoms with Crippen LogP contribution in [0.4, 0.5) is 5.69 Å². The van der Waals surface area contributed by atoms with Crippen molar-refractivity contribution in [2.75, 3.05) is 26.6 Å². The van der Waals surface area contributed by atoms with Gasteiger partial charge in [0.15, 0.2) is 0 Å². The fourth-order valence-electron chi connectivity index (χ4n) is 2.65. The smallest absolute Gasteiger partial charge is 0.229 e. The lowest BCUT2D eigenvalue weighted by Crippen LogP contribution is -2.15. The second-order valence-electron chi connectivity index (χ2n) is 5.54. The molecule has 1 heterocycles. The number of carbonyl (C=O) groups excluding carboxylic acids is 1. The average molecular weight is 376 g/mol. The molecule has 1 N–H and O–H groups in total. The van der Waals surface area contributed by atoms with Crippen molar-refractivity contribution in [3.63, 3.8) is 0 Å². The summed E-state index contributed by atoms with van der Waals surface area (Å²) in [5.74, 6) is 1.40. The molecule has 0 aliphatic carbocycles. The minimum absolute atomic E-state index is 0.145. The van der Waals surface area contributed by atoms with E-state index < -0.39 is 0 Å². The highest BCUT2D eigenvalue weighted by Gasteiger charge is 2.15. The lowest BCUT2D eigenvalue weighted by Gasteiger charge is -2.13. The van der Waals surface area contributed by atoms with Crippen LogP contribution in [-0.4, -0.2) is 27.2 Å². The highest BCUT2D eigenvalue weighted by atomic mass is 35.5. The van der Waals surface area contributed by atoms with Crippen LogP contribution in [0.1, 0.15) is 5.56 Å². The van der Waals surface area contributed by atoms with Crippen LogP contribution in [0.25, 0.3) is 11.0 Å². The number of carbonyl (C=O) groups is 1. The predicted octanol–water partition coefficient (Wildman–Crippen LogP) is 4.29. The van der Waals surface area contributed by atoms with Gasteiger partial charge in [0.1, 0.15) is 22.8 Å². The first kappa shape index (κ1) is 17.9. The van der Waals surface area contributed by atoms with Crippen molar-refractivity contribution in [2.45, 2.75) is 6.42 Å². The molecule has 136 valence electrons. The van der Waals surface area contributed by atoms with Crippen molar-refractivity contribution in [1.82, 2.24) is 0 Å². The Morgan fingerprint density at radius 1 is 1.08 bits per heavy atom. The van der Waals surface area contributed by atoms with Crippen molar-refractivity contribution in [2.24, 2.45) is 0 Å². The molecule has 0 unspecified atom stereocenters. The Kier molecular flexibility index (Phi) is 5.23. The zero-order valence-electron chi connectivity index (χ0n) is 14.6. The maximum atomic E-state index is 12.5. The molecule has 26 heavy (non-hydrogen) atoms.